The van der Waals surface area contributed by atoms with Crippen molar-refractivity contribution in [1.82, 2.24) is 15.1 Å². The van der Waals surface area contributed by atoms with Crippen LogP contribution in [0.4, 0.5) is 4.79 Å². The lowest BCUT2D eigenvalue weighted by Crippen LogP contribution is -2.47. The van der Waals surface area contributed by atoms with E-state index in [1.165, 1.54) is 11.3 Å². The van der Waals surface area contributed by atoms with Crippen molar-refractivity contribution in [1.29, 1.82) is 0 Å². The van der Waals surface area contributed by atoms with Crippen LogP contribution in [0.15, 0.2) is 17.5 Å². The number of likely N-dealkylation sites (tertiary alicyclic amines) is 1. The number of hydrogen-bond donors (Lipinski definition) is 2. The van der Waals surface area contributed by atoms with E-state index in [0.29, 0.717) is 19.0 Å². The molecule has 0 radical (unpaired) electrons. The minimum absolute atomic E-state index is 0.109. The molecule has 1 unspecified atom stereocenters. The summed E-state index contributed by atoms with van der Waals surface area (Å²) in [7, 11) is 1.72. The Hall–Kier alpha value is -1.11. The molecule has 5 nitrogen and oxygen atoms in total. The third-order valence-electron chi connectivity index (χ3n) is 4.08. The van der Waals surface area contributed by atoms with Gasteiger partial charge >= 0.3 is 6.03 Å². The zero-order chi connectivity index (χ0) is 16.9. The average Bonchev–Trinajstić information content (AvgIpc) is 2.96. The van der Waals surface area contributed by atoms with Gasteiger partial charge in [0.15, 0.2) is 0 Å². The molecule has 1 fully saturated rings. The highest BCUT2D eigenvalue weighted by Crippen LogP contribution is 2.20. The summed E-state index contributed by atoms with van der Waals surface area (Å²) in [6.07, 6.45) is 2.35. The van der Waals surface area contributed by atoms with Crippen molar-refractivity contribution in [3.05, 3.63) is 22.4 Å². The van der Waals surface area contributed by atoms with E-state index in [1.807, 2.05) is 0 Å². The first-order valence-electron chi connectivity index (χ1n) is 8.29. The van der Waals surface area contributed by atoms with Crippen molar-refractivity contribution in [2.24, 2.45) is 5.92 Å². The van der Waals surface area contributed by atoms with Crippen molar-refractivity contribution < 1.29 is 9.90 Å². The molecule has 23 heavy (non-hydrogen) atoms. The second kappa shape index (κ2) is 8.13. The van der Waals surface area contributed by atoms with Gasteiger partial charge in [-0.15, -0.1) is 11.3 Å². The second-order valence-electron chi connectivity index (χ2n) is 7.18. The Morgan fingerprint density at radius 2 is 2.35 bits per heavy atom. The third-order valence-corrected chi connectivity index (χ3v) is 4.94. The van der Waals surface area contributed by atoms with E-state index in [-0.39, 0.29) is 6.03 Å². The fourth-order valence-electron chi connectivity index (χ4n) is 3.10. The molecule has 1 aromatic rings. The molecule has 2 N–H and O–H groups in total. The van der Waals surface area contributed by atoms with Crippen molar-refractivity contribution in [3.8, 4) is 0 Å². The van der Waals surface area contributed by atoms with E-state index in [0.717, 1.165) is 26.1 Å². The van der Waals surface area contributed by atoms with Gasteiger partial charge in [0.25, 0.3) is 0 Å². The first-order chi connectivity index (χ1) is 10.8. The zero-order valence-corrected chi connectivity index (χ0v) is 15.2. The Kier molecular flexibility index (Phi) is 6.44. The molecule has 1 atom stereocenters. The number of hydrogen-bond acceptors (Lipinski definition) is 4. The summed E-state index contributed by atoms with van der Waals surface area (Å²) in [4.78, 5) is 17.5. The molecule has 2 heterocycles. The molecule has 0 aromatic carbocycles. The van der Waals surface area contributed by atoms with Crippen molar-refractivity contribution in [3.63, 3.8) is 0 Å². The van der Waals surface area contributed by atoms with E-state index in [9.17, 15) is 9.90 Å². The topological polar surface area (TPSA) is 55.8 Å². The first-order valence-corrected chi connectivity index (χ1v) is 9.17. The van der Waals surface area contributed by atoms with Crippen LogP contribution < -0.4 is 5.32 Å². The molecule has 0 aliphatic carbocycles. The Morgan fingerprint density at radius 3 is 3.00 bits per heavy atom. The first kappa shape index (κ1) is 18.2. The van der Waals surface area contributed by atoms with Crippen LogP contribution in [0, 0.1) is 5.92 Å². The Balaban J connectivity index is 1.73. The number of amides is 2. The van der Waals surface area contributed by atoms with Crippen LogP contribution in [-0.2, 0) is 6.54 Å². The minimum atomic E-state index is -0.867. The Morgan fingerprint density at radius 1 is 1.57 bits per heavy atom. The molecule has 1 saturated heterocycles. The largest absolute Gasteiger partial charge is 0.389 e. The molecule has 130 valence electrons. The summed E-state index contributed by atoms with van der Waals surface area (Å²) in [6.45, 7) is 7.64. The maximum atomic E-state index is 12.1. The molecule has 0 spiro atoms. The number of nitrogens with one attached hydrogen (secondary N) is 1. The zero-order valence-electron chi connectivity index (χ0n) is 14.4. The molecule has 1 aromatic heterocycles. The Bertz CT molecular complexity index is 485. The van der Waals surface area contributed by atoms with Crippen LogP contribution in [0.5, 0.6) is 0 Å². The van der Waals surface area contributed by atoms with Crippen LogP contribution in [0.25, 0.3) is 0 Å². The van der Waals surface area contributed by atoms with Crippen LogP contribution in [0.2, 0.25) is 0 Å². The van der Waals surface area contributed by atoms with Gasteiger partial charge in [-0.05, 0) is 50.6 Å². The van der Waals surface area contributed by atoms with Crippen molar-refractivity contribution in [2.75, 3.05) is 33.2 Å². The molecular formula is C17H29N3O2S. The maximum absolute atomic E-state index is 12.1. The number of likely N-dealkylation sites (N-methyl/N-ethyl adjacent to an activating group) is 1. The maximum Gasteiger partial charge on any atom is 0.317 e. The van der Waals surface area contributed by atoms with Gasteiger partial charge < -0.3 is 15.3 Å². The van der Waals surface area contributed by atoms with E-state index < -0.39 is 5.60 Å². The van der Waals surface area contributed by atoms with E-state index >= 15 is 0 Å². The molecule has 1 aliphatic rings. The van der Waals surface area contributed by atoms with Crippen LogP contribution in [0.1, 0.15) is 31.6 Å². The van der Waals surface area contributed by atoms with Gasteiger partial charge in [-0.2, -0.15) is 0 Å². The predicted molar refractivity (Wildman–Crippen MR) is 94.6 cm³/mol. The summed E-state index contributed by atoms with van der Waals surface area (Å²) < 4.78 is 0. The predicted octanol–water partition coefficient (Wildman–Crippen LogP) is 2.37. The number of rotatable bonds is 6. The number of urea groups is 1. The number of carbonyl (C=O) groups excluding carboxylic acids is 1. The molecule has 6 heteroatoms. The normalized spacial score (nSPS) is 19.6. The van der Waals surface area contributed by atoms with Crippen molar-refractivity contribution >= 4 is 17.4 Å². The van der Waals surface area contributed by atoms with Gasteiger partial charge in [0, 0.05) is 31.6 Å². The molecule has 2 rings (SSSR count). The van der Waals surface area contributed by atoms with Crippen LogP contribution in [-0.4, -0.2) is 59.8 Å². The quantitative estimate of drug-likeness (QED) is 0.837. The molecule has 0 saturated carbocycles. The van der Waals surface area contributed by atoms with Gasteiger partial charge in [0.05, 0.1) is 12.1 Å². The van der Waals surface area contributed by atoms with Crippen LogP contribution >= 0.6 is 11.3 Å². The fourth-order valence-corrected chi connectivity index (χ4v) is 3.85. The van der Waals surface area contributed by atoms with Gasteiger partial charge in [-0.1, -0.05) is 6.07 Å². The average molecular weight is 340 g/mol. The second-order valence-corrected chi connectivity index (χ2v) is 8.21. The van der Waals surface area contributed by atoms with E-state index in [4.69, 9.17) is 0 Å². The monoisotopic (exact) mass is 339 g/mol. The SMILES string of the molecule is CN(CC(C)(C)O)C(=O)NCC1CCCN(Cc2cccs2)C1. The highest BCUT2D eigenvalue weighted by atomic mass is 32.1. The molecular weight excluding hydrogens is 310 g/mol. The number of aliphatic hydroxyl groups is 1. The summed E-state index contributed by atoms with van der Waals surface area (Å²) in [5.74, 6) is 0.503. The summed E-state index contributed by atoms with van der Waals surface area (Å²) in [5.41, 5.74) is -0.867. The number of nitrogens with zero attached hydrogens (tertiary/aromatic N) is 2. The lowest BCUT2D eigenvalue weighted by molar-refractivity contribution is 0.0528. The summed E-state index contributed by atoms with van der Waals surface area (Å²) in [6, 6.07) is 4.17. The van der Waals surface area contributed by atoms with E-state index in [1.54, 1.807) is 37.1 Å². The number of thiophene rings is 1. The minimum Gasteiger partial charge on any atom is -0.389 e. The third kappa shape index (κ3) is 6.49. The standard InChI is InChI=1S/C17H29N3O2S/c1-17(2,22)13-19(3)16(21)18-10-14-6-4-8-20(11-14)12-15-7-5-9-23-15/h5,7,9,14,22H,4,6,8,10-13H2,1-3H3,(H,18,21). The molecule has 2 amide bonds. The lowest BCUT2D eigenvalue weighted by Gasteiger charge is -2.33. The highest BCUT2D eigenvalue weighted by molar-refractivity contribution is 7.09. The van der Waals surface area contributed by atoms with Crippen LogP contribution in [0.3, 0.4) is 0 Å². The fraction of sp³-hybridized carbons (Fsp3) is 0.706. The van der Waals surface area contributed by atoms with Gasteiger partial charge in [0.1, 0.15) is 0 Å². The highest BCUT2D eigenvalue weighted by Gasteiger charge is 2.23. The van der Waals surface area contributed by atoms with Gasteiger partial charge in [-0.25, -0.2) is 4.79 Å². The Labute approximate surface area is 143 Å². The lowest BCUT2D eigenvalue weighted by atomic mass is 9.98. The molecule has 0 bridgehead atoms. The molecule has 1 aliphatic heterocycles. The number of piperidine rings is 1. The van der Waals surface area contributed by atoms with Gasteiger partial charge in [-0.3, -0.25) is 4.90 Å². The smallest absolute Gasteiger partial charge is 0.317 e. The summed E-state index contributed by atoms with van der Waals surface area (Å²) >= 11 is 1.80. The van der Waals surface area contributed by atoms with E-state index in [2.05, 4.69) is 27.7 Å². The summed E-state index contributed by atoms with van der Waals surface area (Å²) in [5, 5.41) is 14.9. The number of carbonyl (C=O) groups is 1. The van der Waals surface area contributed by atoms with Gasteiger partial charge in [0.2, 0.25) is 0 Å². The van der Waals surface area contributed by atoms with Crippen molar-refractivity contribution in [2.45, 2.75) is 38.8 Å².